The van der Waals surface area contributed by atoms with Gasteiger partial charge in [-0.05, 0) is 43.5 Å². The maximum Gasteiger partial charge on any atom is 0.271 e. The summed E-state index contributed by atoms with van der Waals surface area (Å²) in [6.45, 7) is 2.42. The summed E-state index contributed by atoms with van der Waals surface area (Å²) in [6, 6.07) is 6.31. The predicted molar refractivity (Wildman–Crippen MR) is 108 cm³/mol. The molecule has 3 aromatic rings. The van der Waals surface area contributed by atoms with Crippen LogP contribution in [0.4, 0.5) is 4.39 Å². The minimum absolute atomic E-state index is 0.185. The predicted octanol–water partition coefficient (Wildman–Crippen LogP) is 2.98. The molecule has 1 aliphatic rings. The fourth-order valence-corrected chi connectivity index (χ4v) is 3.58. The number of halogens is 1. The average molecular weight is 408 g/mol. The minimum Gasteiger partial charge on any atom is -0.496 e. The van der Waals surface area contributed by atoms with Gasteiger partial charge in [0.1, 0.15) is 17.3 Å². The Morgan fingerprint density at radius 1 is 1.17 bits per heavy atom. The number of methoxy groups -OCH3 is 1. The molecule has 0 saturated heterocycles. The molecule has 0 saturated carbocycles. The molecular weight excluding hydrogens is 387 g/mol. The van der Waals surface area contributed by atoms with E-state index in [0.29, 0.717) is 42.3 Å². The highest BCUT2D eigenvalue weighted by Crippen LogP contribution is 2.32. The molecule has 0 unspecified atom stereocenters. The van der Waals surface area contributed by atoms with Crippen LogP contribution < -0.4 is 14.8 Å². The quantitative estimate of drug-likeness (QED) is 0.675. The Hall–Kier alpha value is -3.55. The largest absolute Gasteiger partial charge is 0.496 e. The second-order valence-corrected chi connectivity index (χ2v) is 6.89. The Morgan fingerprint density at radius 2 is 2.00 bits per heavy atom. The Bertz CT molecular complexity index is 1070. The molecule has 154 valence electrons. The molecule has 0 aliphatic heterocycles. The highest BCUT2D eigenvalue weighted by Gasteiger charge is 2.29. The van der Waals surface area contributed by atoms with Gasteiger partial charge in [-0.1, -0.05) is 0 Å². The van der Waals surface area contributed by atoms with Crippen molar-refractivity contribution in [2.75, 3.05) is 13.7 Å². The van der Waals surface area contributed by atoms with Crippen molar-refractivity contribution in [3.63, 3.8) is 0 Å². The van der Waals surface area contributed by atoms with E-state index in [4.69, 9.17) is 9.47 Å². The lowest BCUT2D eigenvalue weighted by Gasteiger charge is -2.12. The Morgan fingerprint density at radius 3 is 2.73 bits per heavy atom. The van der Waals surface area contributed by atoms with Gasteiger partial charge in [-0.15, -0.1) is 0 Å². The number of hydrogen-bond acceptors (Lipinski definition) is 6. The van der Waals surface area contributed by atoms with E-state index >= 15 is 0 Å². The van der Waals surface area contributed by atoms with Crippen molar-refractivity contribution in [2.45, 2.75) is 25.8 Å². The number of pyridine rings is 1. The molecule has 1 N–H and O–H groups in total. The third-order valence-corrected chi connectivity index (χ3v) is 4.98. The van der Waals surface area contributed by atoms with Gasteiger partial charge in [-0.3, -0.25) is 9.78 Å². The van der Waals surface area contributed by atoms with Gasteiger partial charge in [0.05, 0.1) is 31.8 Å². The van der Waals surface area contributed by atoms with Crippen LogP contribution in [0.5, 0.6) is 11.6 Å². The van der Waals surface area contributed by atoms with Crippen LogP contribution in [-0.2, 0) is 12.8 Å². The first kappa shape index (κ1) is 19.8. The highest BCUT2D eigenvalue weighted by atomic mass is 19.1. The molecule has 1 aliphatic carbocycles. The van der Waals surface area contributed by atoms with Crippen LogP contribution in [-0.4, -0.2) is 40.6 Å². The van der Waals surface area contributed by atoms with E-state index < -0.39 is 0 Å². The monoisotopic (exact) mass is 408 g/mol. The third kappa shape index (κ3) is 3.94. The lowest BCUT2D eigenvalue weighted by molar-refractivity contribution is 0.0933. The van der Waals surface area contributed by atoms with Gasteiger partial charge in [0.25, 0.3) is 5.91 Å². The maximum absolute atomic E-state index is 14.2. The number of amides is 1. The van der Waals surface area contributed by atoms with Crippen molar-refractivity contribution in [2.24, 2.45) is 0 Å². The summed E-state index contributed by atoms with van der Waals surface area (Å²) in [5, 5.41) is 2.93. The minimum atomic E-state index is -0.361. The average Bonchev–Trinajstić information content (AvgIpc) is 3.19. The molecule has 0 fully saturated rings. The van der Waals surface area contributed by atoms with E-state index in [2.05, 4.69) is 20.3 Å². The van der Waals surface area contributed by atoms with Crippen molar-refractivity contribution in [3.8, 4) is 22.9 Å². The van der Waals surface area contributed by atoms with Gasteiger partial charge in [0.15, 0.2) is 0 Å². The Labute approximate surface area is 173 Å². The zero-order valence-electron chi connectivity index (χ0n) is 16.7. The van der Waals surface area contributed by atoms with Crippen molar-refractivity contribution in [1.29, 1.82) is 0 Å². The number of aromatic nitrogens is 3. The van der Waals surface area contributed by atoms with Crippen LogP contribution in [0.15, 0.2) is 42.9 Å². The molecule has 0 spiro atoms. The number of nitrogens with one attached hydrogen (secondary N) is 1. The number of hydrogen-bond donors (Lipinski definition) is 1. The summed E-state index contributed by atoms with van der Waals surface area (Å²) >= 11 is 0. The lowest BCUT2D eigenvalue weighted by atomic mass is 10.1. The van der Waals surface area contributed by atoms with Gasteiger partial charge >= 0.3 is 0 Å². The van der Waals surface area contributed by atoms with Gasteiger partial charge in [-0.2, -0.15) is 0 Å². The van der Waals surface area contributed by atoms with Gasteiger partial charge in [0, 0.05) is 29.4 Å². The smallest absolute Gasteiger partial charge is 0.271 e. The van der Waals surface area contributed by atoms with E-state index in [1.807, 2.05) is 13.0 Å². The fraction of sp³-hybridized carbons (Fsp3) is 0.273. The first-order valence-corrected chi connectivity index (χ1v) is 9.65. The number of ether oxygens (including phenoxy) is 2. The summed E-state index contributed by atoms with van der Waals surface area (Å²) < 4.78 is 24.8. The molecule has 8 heteroatoms. The summed E-state index contributed by atoms with van der Waals surface area (Å²) in [5.41, 5.74) is 2.81. The van der Waals surface area contributed by atoms with E-state index in [1.54, 1.807) is 31.6 Å². The van der Waals surface area contributed by atoms with E-state index in [1.165, 1.54) is 12.3 Å². The maximum atomic E-state index is 14.2. The van der Waals surface area contributed by atoms with E-state index in [-0.39, 0.29) is 23.5 Å². The summed E-state index contributed by atoms with van der Waals surface area (Å²) in [7, 11) is 1.55. The summed E-state index contributed by atoms with van der Waals surface area (Å²) in [6.07, 6.45) is 5.50. The van der Waals surface area contributed by atoms with Crippen LogP contribution in [0.3, 0.4) is 0 Å². The summed E-state index contributed by atoms with van der Waals surface area (Å²) in [4.78, 5) is 25.5. The van der Waals surface area contributed by atoms with Gasteiger partial charge < -0.3 is 14.8 Å². The Balaban J connectivity index is 1.48. The number of benzene rings is 1. The molecule has 1 amide bonds. The van der Waals surface area contributed by atoms with E-state index in [9.17, 15) is 9.18 Å². The molecule has 30 heavy (non-hydrogen) atoms. The molecule has 0 radical (unpaired) electrons. The molecule has 2 aromatic heterocycles. The lowest BCUT2D eigenvalue weighted by Crippen LogP contribution is -2.36. The zero-order chi connectivity index (χ0) is 21.1. The molecule has 0 bridgehead atoms. The number of carbonyl (C=O) groups excluding carboxylic acids is 1. The summed E-state index contributed by atoms with van der Waals surface area (Å²) in [5.74, 6) is 0.507. The molecule has 2 heterocycles. The topological polar surface area (TPSA) is 86.2 Å². The van der Waals surface area contributed by atoms with Crippen molar-refractivity contribution >= 4 is 5.91 Å². The third-order valence-electron chi connectivity index (χ3n) is 4.98. The fourth-order valence-electron chi connectivity index (χ4n) is 3.58. The Kier molecular flexibility index (Phi) is 5.56. The number of nitrogens with zero attached hydrogens (tertiary/aromatic N) is 3. The van der Waals surface area contributed by atoms with Gasteiger partial charge in [0.2, 0.25) is 5.88 Å². The van der Waals surface area contributed by atoms with Crippen LogP contribution in [0.2, 0.25) is 0 Å². The van der Waals surface area contributed by atoms with Crippen LogP contribution >= 0.6 is 0 Å². The normalized spacial score (nSPS) is 14.8. The molecular formula is C22H21FN4O3. The van der Waals surface area contributed by atoms with Crippen molar-refractivity contribution in [3.05, 3.63) is 65.5 Å². The molecule has 1 atom stereocenters. The standard InChI is InChI=1S/C22H21FN4O3/c1-3-30-21-7-4-13(10-25-21)18-11-24-12-19(27-18)22(28)26-14-8-15-16(9-14)20(29-2)6-5-17(15)23/h4-7,10-12,14H,3,8-9H2,1-2H3,(H,26,28)/t14-/m1/s1. The number of carbonyl (C=O) groups is 1. The number of fused-ring (bicyclic) bond motifs is 1. The molecule has 1 aromatic carbocycles. The van der Waals surface area contributed by atoms with Gasteiger partial charge in [-0.25, -0.2) is 14.4 Å². The molecule has 4 rings (SSSR count). The van der Waals surface area contributed by atoms with Crippen molar-refractivity contribution < 1.29 is 18.7 Å². The molecule has 7 nitrogen and oxygen atoms in total. The van der Waals surface area contributed by atoms with Crippen LogP contribution in [0.25, 0.3) is 11.3 Å². The van der Waals surface area contributed by atoms with Crippen molar-refractivity contribution in [1.82, 2.24) is 20.3 Å². The van der Waals surface area contributed by atoms with Crippen LogP contribution in [0, 0.1) is 5.82 Å². The second kappa shape index (κ2) is 8.44. The van der Waals surface area contributed by atoms with E-state index in [0.717, 1.165) is 11.1 Å². The SMILES string of the molecule is CCOc1ccc(-c2cncc(C(=O)N[C@@H]3Cc4c(F)ccc(OC)c4C3)n2)cn1. The number of rotatable bonds is 6. The first-order chi connectivity index (χ1) is 14.6. The first-order valence-electron chi connectivity index (χ1n) is 9.65. The second-order valence-electron chi connectivity index (χ2n) is 6.89. The van der Waals surface area contributed by atoms with Crippen LogP contribution in [0.1, 0.15) is 28.5 Å². The zero-order valence-corrected chi connectivity index (χ0v) is 16.7. The highest BCUT2D eigenvalue weighted by molar-refractivity contribution is 5.92.